The van der Waals surface area contributed by atoms with Crippen molar-refractivity contribution in [2.24, 2.45) is 5.14 Å². The molecule has 3 aromatic carbocycles. The molecule has 0 bridgehead atoms. The zero-order valence-corrected chi connectivity index (χ0v) is 19.0. The van der Waals surface area contributed by atoms with Gasteiger partial charge in [-0.2, -0.15) is 0 Å². The Morgan fingerprint density at radius 1 is 0.848 bits per heavy atom. The number of para-hydroxylation sites is 1. The lowest BCUT2D eigenvalue weighted by molar-refractivity contribution is -0.116. The van der Waals surface area contributed by atoms with Gasteiger partial charge in [0.1, 0.15) is 6.54 Å². The molecule has 0 aliphatic rings. The van der Waals surface area contributed by atoms with Gasteiger partial charge in [0.05, 0.1) is 15.5 Å². The number of nitrogens with zero attached hydrogens (tertiary/aromatic N) is 1. The Hall–Kier alpha value is -3.47. The van der Waals surface area contributed by atoms with Crippen LogP contribution >= 0.6 is 0 Å². The molecule has 1 amide bonds. The van der Waals surface area contributed by atoms with Gasteiger partial charge in [0, 0.05) is 22.8 Å². The molecule has 10 heteroatoms. The summed E-state index contributed by atoms with van der Waals surface area (Å²) in [5.41, 5.74) is 1.68. The topological polar surface area (TPSA) is 128 Å². The third kappa shape index (κ3) is 5.14. The molecule has 0 atom stereocenters. The van der Waals surface area contributed by atoms with Crippen LogP contribution in [-0.2, 0) is 37.0 Å². The molecule has 0 aliphatic carbocycles. The summed E-state index contributed by atoms with van der Waals surface area (Å²) in [7, 11) is -7.48. The minimum atomic E-state index is -3.83. The van der Waals surface area contributed by atoms with Crippen molar-refractivity contribution in [1.29, 1.82) is 0 Å². The van der Waals surface area contributed by atoms with Crippen LogP contribution in [-0.4, -0.2) is 27.3 Å². The number of amides is 1. The van der Waals surface area contributed by atoms with Crippen molar-refractivity contribution in [3.8, 4) is 0 Å². The van der Waals surface area contributed by atoms with E-state index in [2.05, 4.69) is 5.32 Å². The van der Waals surface area contributed by atoms with Gasteiger partial charge >= 0.3 is 0 Å². The summed E-state index contributed by atoms with van der Waals surface area (Å²) >= 11 is 0. The molecule has 0 aliphatic heterocycles. The normalized spacial score (nSPS) is 12.0. The van der Waals surface area contributed by atoms with E-state index in [1.54, 1.807) is 53.1 Å². The summed E-state index contributed by atoms with van der Waals surface area (Å²) in [5.74, 6) is -0.545. The van der Waals surface area contributed by atoms with Crippen LogP contribution in [0.1, 0.15) is 5.56 Å². The first-order chi connectivity index (χ1) is 15.6. The van der Waals surface area contributed by atoms with Gasteiger partial charge in [-0.25, -0.2) is 22.0 Å². The van der Waals surface area contributed by atoms with Crippen LogP contribution in [0, 0.1) is 0 Å². The van der Waals surface area contributed by atoms with E-state index in [1.807, 2.05) is 6.07 Å². The maximum absolute atomic E-state index is 13.1. The second-order valence-electron chi connectivity index (χ2n) is 7.50. The largest absolute Gasteiger partial charge is 0.337 e. The number of primary sulfonamides is 1. The number of aromatic nitrogens is 1. The monoisotopic (exact) mass is 483 g/mol. The fourth-order valence-electron chi connectivity index (χ4n) is 3.55. The van der Waals surface area contributed by atoms with Crippen molar-refractivity contribution in [3.05, 3.63) is 90.6 Å². The number of carbonyl (C=O) groups is 1. The number of fused-ring (bicyclic) bond motifs is 1. The number of carbonyl (C=O) groups excluding carboxylic acids is 1. The highest BCUT2D eigenvalue weighted by Gasteiger charge is 2.22. The zero-order valence-electron chi connectivity index (χ0n) is 17.4. The molecule has 4 rings (SSSR count). The van der Waals surface area contributed by atoms with Gasteiger partial charge in [0.25, 0.3) is 0 Å². The second-order valence-corrected chi connectivity index (χ2v) is 11.0. The average molecular weight is 484 g/mol. The summed E-state index contributed by atoms with van der Waals surface area (Å²) in [6.45, 7) is -0.127. The first-order valence-corrected chi connectivity index (χ1v) is 13.1. The van der Waals surface area contributed by atoms with Crippen molar-refractivity contribution >= 4 is 42.4 Å². The summed E-state index contributed by atoms with van der Waals surface area (Å²) in [6.07, 6.45) is 1.48. The standard InChI is InChI=1S/C23H21N3O5S2/c24-33(30,31)19-12-10-18(11-13-19)25-23(27)15-26-14-22(20-8-4-5-9-21(20)26)32(28,29)16-17-6-2-1-3-7-17/h1-14H,15-16H2,(H,25,27)(H2,24,30,31). The molecule has 1 heterocycles. The molecule has 0 unspecified atom stereocenters. The Morgan fingerprint density at radius 2 is 1.48 bits per heavy atom. The number of nitrogens with two attached hydrogens (primary N) is 1. The first kappa shape index (κ1) is 22.7. The Balaban J connectivity index is 1.59. The first-order valence-electron chi connectivity index (χ1n) is 9.91. The molecular weight excluding hydrogens is 462 g/mol. The Kier molecular flexibility index (Phi) is 6.07. The average Bonchev–Trinajstić information content (AvgIpc) is 3.13. The van der Waals surface area contributed by atoms with Gasteiger partial charge in [0.2, 0.25) is 15.9 Å². The van der Waals surface area contributed by atoms with Crippen LogP contribution in [0.15, 0.2) is 94.9 Å². The number of hydrogen-bond acceptors (Lipinski definition) is 5. The van der Waals surface area contributed by atoms with Crippen molar-refractivity contribution in [2.45, 2.75) is 22.1 Å². The van der Waals surface area contributed by atoms with Crippen LogP contribution in [0.5, 0.6) is 0 Å². The predicted octanol–water partition coefficient (Wildman–Crippen LogP) is 2.90. The van der Waals surface area contributed by atoms with Gasteiger partial charge in [-0.15, -0.1) is 0 Å². The van der Waals surface area contributed by atoms with Gasteiger partial charge in [0.15, 0.2) is 9.84 Å². The van der Waals surface area contributed by atoms with Crippen LogP contribution in [0.25, 0.3) is 10.9 Å². The van der Waals surface area contributed by atoms with Gasteiger partial charge in [-0.1, -0.05) is 48.5 Å². The minimum Gasteiger partial charge on any atom is -0.337 e. The van der Waals surface area contributed by atoms with E-state index in [0.717, 1.165) is 0 Å². The van der Waals surface area contributed by atoms with Gasteiger partial charge < -0.3 is 9.88 Å². The fourth-order valence-corrected chi connectivity index (χ4v) is 5.64. The summed E-state index contributed by atoms with van der Waals surface area (Å²) in [4.78, 5) is 12.7. The zero-order chi connectivity index (χ0) is 23.6. The smallest absolute Gasteiger partial charge is 0.244 e. The summed E-state index contributed by atoms with van der Waals surface area (Å²) in [6, 6.07) is 21.4. The number of anilines is 1. The van der Waals surface area contributed by atoms with E-state index in [9.17, 15) is 21.6 Å². The number of sulfone groups is 1. The molecule has 170 valence electrons. The number of benzene rings is 3. The number of hydrogen-bond donors (Lipinski definition) is 2. The third-order valence-corrected chi connectivity index (χ3v) is 7.71. The molecule has 3 N–H and O–H groups in total. The molecule has 33 heavy (non-hydrogen) atoms. The molecule has 0 spiro atoms. The van der Waals surface area contributed by atoms with Gasteiger partial charge in [-0.05, 0) is 35.9 Å². The molecule has 0 saturated heterocycles. The highest BCUT2D eigenvalue weighted by Crippen LogP contribution is 2.28. The molecular formula is C23H21N3O5S2. The Labute approximate surface area is 191 Å². The van der Waals surface area contributed by atoms with Crippen LogP contribution in [0.2, 0.25) is 0 Å². The van der Waals surface area contributed by atoms with Crippen molar-refractivity contribution in [2.75, 3.05) is 5.32 Å². The maximum atomic E-state index is 13.1. The molecule has 0 saturated carbocycles. The second kappa shape index (κ2) is 8.81. The van der Waals surface area contributed by atoms with Crippen LogP contribution in [0.3, 0.4) is 0 Å². The highest BCUT2D eigenvalue weighted by molar-refractivity contribution is 7.91. The minimum absolute atomic E-state index is 0.0647. The predicted molar refractivity (Wildman–Crippen MR) is 126 cm³/mol. The van der Waals surface area contributed by atoms with Crippen LogP contribution in [0.4, 0.5) is 5.69 Å². The third-order valence-electron chi connectivity index (χ3n) is 5.07. The van der Waals surface area contributed by atoms with Crippen LogP contribution < -0.4 is 10.5 Å². The van der Waals surface area contributed by atoms with Crippen molar-refractivity contribution in [3.63, 3.8) is 0 Å². The lowest BCUT2D eigenvalue weighted by Crippen LogP contribution is -2.18. The molecule has 0 fully saturated rings. The van der Waals surface area contributed by atoms with Gasteiger partial charge in [-0.3, -0.25) is 4.79 Å². The van der Waals surface area contributed by atoms with E-state index >= 15 is 0 Å². The number of sulfonamides is 1. The van der Waals surface area contributed by atoms with E-state index < -0.39 is 25.8 Å². The van der Waals surface area contributed by atoms with E-state index in [0.29, 0.717) is 22.2 Å². The summed E-state index contributed by atoms with van der Waals surface area (Å²) < 4.78 is 50.6. The molecule has 0 radical (unpaired) electrons. The SMILES string of the molecule is NS(=O)(=O)c1ccc(NC(=O)Cn2cc(S(=O)(=O)Cc3ccccc3)c3ccccc32)cc1. The number of rotatable bonds is 7. The Morgan fingerprint density at radius 3 is 2.15 bits per heavy atom. The highest BCUT2D eigenvalue weighted by atomic mass is 32.2. The lowest BCUT2D eigenvalue weighted by Gasteiger charge is -2.08. The molecule has 1 aromatic heterocycles. The van der Waals surface area contributed by atoms with E-state index in [4.69, 9.17) is 5.14 Å². The number of nitrogens with one attached hydrogen (secondary N) is 1. The fraction of sp³-hybridized carbons (Fsp3) is 0.0870. The summed E-state index contributed by atoms with van der Waals surface area (Å²) in [5, 5.41) is 8.30. The lowest BCUT2D eigenvalue weighted by atomic mass is 10.2. The quantitative estimate of drug-likeness (QED) is 0.418. The van der Waals surface area contributed by atoms with E-state index in [-0.39, 0.29) is 22.1 Å². The maximum Gasteiger partial charge on any atom is 0.244 e. The van der Waals surface area contributed by atoms with Crippen molar-refractivity contribution in [1.82, 2.24) is 4.57 Å². The van der Waals surface area contributed by atoms with Crippen molar-refractivity contribution < 1.29 is 21.6 Å². The Bertz CT molecular complexity index is 1530. The molecule has 4 aromatic rings. The molecule has 8 nitrogen and oxygen atoms in total. The van der Waals surface area contributed by atoms with E-state index in [1.165, 1.54) is 30.5 Å².